The van der Waals surface area contributed by atoms with Gasteiger partial charge in [0.15, 0.2) is 0 Å². The summed E-state index contributed by atoms with van der Waals surface area (Å²) >= 11 is 0. The summed E-state index contributed by atoms with van der Waals surface area (Å²) in [5.41, 5.74) is 3.48. The van der Waals surface area contributed by atoms with Crippen LogP contribution in [0.25, 0.3) is 0 Å². The molecule has 8 nitrogen and oxygen atoms in total. The Kier molecular flexibility index (Phi) is 7.17. The number of amides is 4. The fourth-order valence-corrected chi connectivity index (χ4v) is 2.97. The van der Waals surface area contributed by atoms with Crippen LogP contribution in [-0.2, 0) is 6.54 Å². The molecule has 0 aliphatic rings. The number of nitrogens with one attached hydrogen (secondary N) is 3. The van der Waals surface area contributed by atoms with Crippen LogP contribution < -0.4 is 20.9 Å². The molecule has 0 unspecified atom stereocenters. The van der Waals surface area contributed by atoms with Crippen molar-refractivity contribution in [2.45, 2.75) is 13.5 Å². The maximum absolute atomic E-state index is 12.8. The minimum atomic E-state index is -0.413. The van der Waals surface area contributed by atoms with Crippen molar-refractivity contribution in [1.82, 2.24) is 15.6 Å². The Balaban J connectivity index is 1.70. The molecule has 0 aliphatic heterocycles. The third-order valence-corrected chi connectivity index (χ3v) is 4.93. The van der Waals surface area contributed by atoms with Crippen LogP contribution in [0.2, 0.25) is 0 Å². The Morgan fingerprint density at radius 1 is 0.969 bits per heavy atom. The van der Waals surface area contributed by atoms with Gasteiger partial charge in [-0.15, -0.1) is 0 Å². The van der Waals surface area contributed by atoms with Crippen molar-refractivity contribution in [3.8, 4) is 0 Å². The first-order chi connectivity index (χ1) is 15.4. The van der Waals surface area contributed by atoms with Crippen molar-refractivity contribution in [2.24, 2.45) is 0 Å². The SMILES string of the molecule is CNC(=O)c1cc(N(C)C(=O)Nc2cc(C(=O)NCc3ccccc3)ccc2C)ccn1. The van der Waals surface area contributed by atoms with Gasteiger partial charge in [-0.25, -0.2) is 4.79 Å². The van der Waals surface area contributed by atoms with E-state index in [-0.39, 0.29) is 17.5 Å². The lowest BCUT2D eigenvalue weighted by atomic mass is 10.1. The van der Waals surface area contributed by atoms with E-state index >= 15 is 0 Å². The second-order valence-corrected chi connectivity index (χ2v) is 7.17. The van der Waals surface area contributed by atoms with Gasteiger partial charge in [0, 0.05) is 43.8 Å². The molecule has 32 heavy (non-hydrogen) atoms. The molecule has 0 spiro atoms. The summed E-state index contributed by atoms with van der Waals surface area (Å²) in [6.07, 6.45) is 1.46. The summed E-state index contributed by atoms with van der Waals surface area (Å²) in [5.74, 6) is -0.576. The van der Waals surface area contributed by atoms with E-state index in [4.69, 9.17) is 0 Å². The Morgan fingerprint density at radius 2 is 1.72 bits per heavy atom. The maximum Gasteiger partial charge on any atom is 0.326 e. The van der Waals surface area contributed by atoms with Crippen molar-refractivity contribution >= 4 is 29.2 Å². The van der Waals surface area contributed by atoms with Gasteiger partial charge in [0.25, 0.3) is 11.8 Å². The Bertz CT molecular complexity index is 1130. The number of aromatic nitrogens is 1. The fraction of sp³-hybridized carbons (Fsp3) is 0.167. The lowest BCUT2D eigenvalue weighted by molar-refractivity contribution is 0.0946. The molecule has 0 saturated heterocycles. The summed E-state index contributed by atoms with van der Waals surface area (Å²) in [5, 5.41) is 8.21. The number of benzene rings is 2. The van der Waals surface area contributed by atoms with Gasteiger partial charge < -0.3 is 16.0 Å². The molecule has 3 rings (SSSR count). The monoisotopic (exact) mass is 431 g/mol. The van der Waals surface area contributed by atoms with Crippen LogP contribution in [0.5, 0.6) is 0 Å². The average Bonchev–Trinajstić information content (AvgIpc) is 2.83. The van der Waals surface area contributed by atoms with Crippen LogP contribution in [0.3, 0.4) is 0 Å². The number of hydrogen-bond donors (Lipinski definition) is 3. The molecule has 2 aromatic carbocycles. The van der Waals surface area contributed by atoms with E-state index in [2.05, 4.69) is 20.9 Å². The highest BCUT2D eigenvalue weighted by Gasteiger charge is 2.16. The molecule has 3 N–H and O–H groups in total. The molecule has 0 saturated carbocycles. The number of carbonyl (C=O) groups excluding carboxylic acids is 3. The number of urea groups is 1. The first-order valence-corrected chi connectivity index (χ1v) is 10.0. The van der Waals surface area contributed by atoms with Gasteiger partial charge in [-0.05, 0) is 42.3 Å². The normalized spacial score (nSPS) is 10.2. The third-order valence-electron chi connectivity index (χ3n) is 4.93. The van der Waals surface area contributed by atoms with Crippen LogP contribution in [0.1, 0.15) is 32.0 Å². The molecule has 3 aromatic rings. The zero-order valence-corrected chi connectivity index (χ0v) is 18.2. The summed E-state index contributed by atoms with van der Waals surface area (Å²) in [4.78, 5) is 42.6. The van der Waals surface area contributed by atoms with Crippen molar-refractivity contribution in [3.05, 3.63) is 89.2 Å². The molecule has 0 radical (unpaired) electrons. The minimum absolute atomic E-state index is 0.206. The van der Waals surface area contributed by atoms with Crippen molar-refractivity contribution in [1.29, 1.82) is 0 Å². The van der Waals surface area contributed by atoms with E-state index in [0.717, 1.165) is 11.1 Å². The molecule has 1 heterocycles. The molecule has 0 fully saturated rings. The minimum Gasteiger partial charge on any atom is -0.354 e. The lowest BCUT2D eigenvalue weighted by Gasteiger charge is -2.19. The quantitative estimate of drug-likeness (QED) is 0.557. The van der Waals surface area contributed by atoms with E-state index in [0.29, 0.717) is 23.5 Å². The zero-order chi connectivity index (χ0) is 23.1. The van der Waals surface area contributed by atoms with Gasteiger partial charge in [0.05, 0.1) is 0 Å². The van der Waals surface area contributed by atoms with E-state index in [1.807, 2.05) is 37.3 Å². The topological polar surface area (TPSA) is 103 Å². The maximum atomic E-state index is 12.8. The van der Waals surface area contributed by atoms with E-state index in [1.54, 1.807) is 31.3 Å². The predicted octanol–water partition coefficient (Wildman–Crippen LogP) is 3.35. The molecule has 164 valence electrons. The summed E-state index contributed by atoms with van der Waals surface area (Å²) in [6, 6.07) is 17.5. The smallest absolute Gasteiger partial charge is 0.326 e. The molecular formula is C24H25N5O3. The number of nitrogens with zero attached hydrogens (tertiary/aromatic N) is 2. The van der Waals surface area contributed by atoms with Crippen molar-refractivity contribution < 1.29 is 14.4 Å². The molecule has 8 heteroatoms. The summed E-state index contributed by atoms with van der Waals surface area (Å²) in [7, 11) is 3.10. The molecule has 0 bridgehead atoms. The zero-order valence-electron chi connectivity index (χ0n) is 18.2. The van der Waals surface area contributed by atoms with Crippen LogP contribution in [0, 0.1) is 6.92 Å². The molecular weight excluding hydrogens is 406 g/mol. The van der Waals surface area contributed by atoms with Gasteiger partial charge in [-0.1, -0.05) is 36.4 Å². The van der Waals surface area contributed by atoms with Crippen molar-refractivity contribution in [2.75, 3.05) is 24.3 Å². The average molecular weight is 431 g/mol. The number of pyridine rings is 1. The fourth-order valence-electron chi connectivity index (χ4n) is 2.97. The van der Waals surface area contributed by atoms with Gasteiger partial charge in [0.2, 0.25) is 0 Å². The largest absolute Gasteiger partial charge is 0.354 e. The molecule has 1 aromatic heterocycles. The highest BCUT2D eigenvalue weighted by atomic mass is 16.2. The highest BCUT2D eigenvalue weighted by Crippen LogP contribution is 2.20. The molecule has 0 aliphatic carbocycles. The Hall–Kier alpha value is -4.20. The Labute approximate surface area is 186 Å². The van der Waals surface area contributed by atoms with Gasteiger partial charge in [-0.3, -0.25) is 19.5 Å². The highest BCUT2D eigenvalue weighted by molar-refractivity contribution is 6.03. The predicted molar refractivity (Wildman–Crippen MR) is 124 cm³/mol. The molecule has 0 atom stereocenters. The van der Waals surface area contributed by atoms with Gasteiger partial charge >= 0.3 is 6.03 Å². The number of hydrogen-bond acceptors (Lipinski definition) is 4. The van der Waals surface area contributed by atoms with E-state index in [9.17, 15) is 14.4 Å². The second-order valence-electron chi connectivity index (χ2n) is 7.17. The van der Waals surface area contributed by atoms with Gasteiger partial charge in [-0.2, -0.15) is 0 Å². The van der Waals surface area contributed by atoms with Crippen LogP contribution >= 0.6 is 0 Å². The first kappa shape index (κ1) is 22.5. The lowest BCUT2D eigenvalue weighted by Crippen LogP contribution is -2.32. The third kappa shape index (κ3) is 5.48. The number of carbonyl (C=O) groups is 3. The van der Waals surface area contributed by atoms with E-state index < -0.39 is 6.03 Å². The van der Waals surface area contributed by atoms with Gasteiger partial charge in [0.1, 0.15) is 5.69 Å². The molecule has 4 amide bonds. The standard InChI is InChI=1S/C24H25N5O3/c1-16-9-10-18(22(30)27-15-17-7-5-4-6-8-17)13-20(16)28-24(32)29(3)19-11-12-26-21(14-19)23(31)25-2/h4-14H,15H2,1-3H3,(H,25,31)(H,27,30)(H,28,32). The number of anilines is 2. The van der Waals surface area contributed by atoms with Crippen LogP contribution in [0.4, 0.5) is 16.2 Å². The number of rotatable bonds is 6. The van der Waals surface area contributed by atoms with Crippen molar-refractivity contribution in [3.63, 3.8) is 0 Å². The summed E-state index contributed by atoms with van der Waals surface area (Å²) in [6.45, 7) is 2.26. The summed E-state index contributed by atoms with van der Waals surface area (Å²) < 4.78 is 0. The first-order valence-electron chi connectivity index (χ1n) is 10.0. The second kappa shape index (κ2) is 10.2. The Morgan fingerprint density at radius 3 is 2.44 bits per heavy atom. The van der Waals surface area contributed by atoms with E-state index in [1.165, 1.54) is 24.2 Å². The number of aryl methyl sites for hydroxylation is 1. The van der Waals surface area contributed by atoms with Crippen LogP contribution in [0.15, 0.2) is 66.9 Å². The van der Waals surface area contributed by atoms with Crippen LogP contribution in [-0.4, -0.2) is 36.9 Å².